The molecule has 1 aromatic rings. The van der Waals surface area contributed by atoms with Crippen LogP contribution in [0.2, 0.25) is 0 Å². The summed E-state index contributed by atoms with van der Waals surface area (Å²) in [5.41, 5.74) is 6.68. The molecule has 1 fully saturated rings. The summed E-state index contributed by atoms with van der Waals surface area (Å²) in [5, 5.41) is 0. The van der Waals surface area contributed by atoms with Gasteiger partial charge in [-0.2, -0.15) is 0 Å². The van der Waals surface area contributed by atoms with E-state index >= 15 is 0 Å². The third kappa shape index (κ3) is 3.57. The smallest absolute Gasteiger partial charge is 0.166 e. The Kier molecular flexibility index (Phi) is 4.17. The molecule has 1 saturated heterocycles. The number of aromatic nitrogens is 1. The highest BCUT2D eigenvalue weighted by molar-refractivity contribution is 5.46. The van der Waals surface area contributed by atoms with Gasteiger partial charge in [0.15, 0.2) is 11.6 Å². The third-order valence-corrected chi connectivity index (χ3v) is 2.79. The summed E-state index contributed by atoms with van der Waals surface area (Å²) in [6.45, 7) is 7.03. The lowest BCUT2D eigenvalue weighted by Gasteiger charge is -2.26. The minimum atomic E-state index is 0.465. The monoisotopic (exact) mass is 237 g/mol. The first kappa shape index (κ1) is 12.1. The van der Waals surface area contributed by atoms with Crippen molar-refractivity contribution in [3.63, 3.8) is 0 Å². The molecule has 1 aliphatic rings. The zero-order valence-corrected chi connectivity index (χ0v) is 10.2. The number of rotatable bonds is 4. The molecule has 0 unspecified atom stereocenters. The molecule has 2 heterocycles. The number of nitrogens with zero attached hydrogens (tertiary/aromatic N) is 2. The minimum Gasteiger partial charge on any atom is -0.488 e. The molecule has 2 N–H and O–H groups in total. The molecule has 0 bridgehead atoms. The minimum absolute atomic E-state index is 0.465. The van der Waals surface area contributed by atoms with Crippen LogP contribution in [0.5, 0.6) is 5.75 Å². The van der Waals surface area contributed by atoms with Crippen molar-refractivity contribution in [2.45, 2.75) is 6.92 Å². The topological polar surface area (TPSA) is 60.6 Å². The van der Waals surface area contributed by atoms with E-state index in [1.165, 1.54) is 0 Å². The largest absolute Gasteiger partial charge is 0.488 e. The summed E-state index contributed by atoms with van der Waals surface area (Å²) < 4.78 is 10.9. The number of nitrogen functional groups attached to an aromatic ring is 1. The van der Waals surface area contributed by atoms with Crippen LogP contribution in [0.1, 0.15) is 5.69 Å². The summed E-state index contributed by atoms with van der Waals surface area (Å²) in [6, 6.07) is 3.78. The molecule has 0 spiro atoms. The molecule has 2 rings (SSSR count). The van der Waals surface area contributed by atoms with Gasteiger partial charge in [-0.1, -0.05) is 0 Å². The zero-order chi connectivity index (χ0) is 12.1. The third-order valence-electron chi connectivity index (χ3n) is 2.79. The number of morpholine rings is 1. The fraction of sp³-hybridized carbons (Fsp3) is 0.583. The lowest BCUT2D eigenvalue weighted by molar-refractivity contribution is 0.0323. The average molecular weight is 237 g/mol. The molecule has 5 nitrogen and oxygen atoms in total. The Bertz CT molecular complexity index is 365. The quantitative estimate of drug-likeness (QED) is 0.834. The molecule has 1 aromatic heterocycles. The van der Waals surface area contributed by atoms with Crippen LogP contribution in [0, 0.1) is 6.92 Å². The van der Waals surface area contributed by atoms with Crippen molar-refractivity contribution in [2.24, 2.45) is 0 Å². The number of aryl methyl sites for hydroxylation is 1. The highest BCUT2D eigenvalue weighted by atomic mass is 16.5. The van der Waals surface area contributed by atoms with Crippen LogP contribution in [0.3, 0.4) is 0 Å². The summed E-state index contributed by atoms with van der Waals surface area (Å²) in [7, 11) is 0. The predicted molar refractivity (Wildman–Crippen MR) is 66.1 cm³/mol. The Morgan fingerprint density at radius 1 is 1.41 bits per heavy atom. The maximum absolute atomic E-state index is 5.77. The fourth-order valence-corrected chi connectivity index (χ4v) is 1.80. The number of ether oxygens (including phenoxy) is 2. The predicted octanol–water partition coefficient (Wildman–Crippen LogP) is 0.683. The second-order valence-electron chi connectivity index (χ2n) is 4.14. The maximum Gasteiger partial charge on any atom is 0.166 e. The standard InChI is InChI=1S/C12H19N3O2/c1-10-2-3-11(12(13)14-10)17-9-6-15-4-7-16-8-5-15/h2-3H,4-9H2,1H3,(H2,13,14). The van der Waals surface area contributed by atoms with Gasteiger partial charge in [0.2, 0.25) is 0 Å². The molecule has 0 aromatic carbocycles. The van der Waals surface area contributed by atoms with E-state index in [0.29, 0.717) is 18.2 Å². The van der Waals surface area contributed by atoms with E-state index in [9.17, 15) is 0 Å². The average Bonchev–Trinajstić information content (AvgIpc) is 2.33. The van der Waals surface area contributed by atoms with Crippen LogP contribution < -0.4 is 10.5 Å². The Hall–Kier alpha value is -1.33. The number of nitrogens with two attached hydrogens (primary N) is 1. The van der Waals surface area contributed by atoms with Crippen molar-refractivity contribution in [2.75, 3.05) is 45.2 Å². The van der Waals surface area contributed by atoms with E-state index in [-0.39, 0.29) is 0 Å². The first-order chi connectivity index (χ1) is 8.25. The lowest BCUT2D eigenvalue weighted by Crippen LogP contribution is -2.38. The van der Waals surface area contributed by atoms with E-state index in [2.05, 4.69) is 9.88 Å². The van der Waals surface area contributed by atoms with E-state index in [1.807, 2.05) is 19.1 Å². The highest BCUT2D eigenvalue weighted by Gasteiger charge is 2.10. The second kappa shape index (κ2) is 5.84. The van der Waals surface area contributed by atoms with E-state index in [0.717, 1.165) is 38.5 Å². The fourth-order valence-electron chi connectivity index (χ4n) is 1.80. The summed E-state index contributed by atoms with van der Waals surface area (Å²) >= 11 is 0. The first-order valence-electron chi connectivity index (χ1n) is 5.92. The van der Waals surface area contributed by atoms with E-state index in [1.54, 1.807) is 0 Å². The molecular weight excluding hydrogens is 218 g/mol. The van der Waals surface area contributed by atoms with Gasteiger partial charge in [-0.25, -0.2) is 4.98 Å². The molecule has 0 aliphatic carbocycles. The van der Waals surface area contributed by atoms with Crippen molar-refractivity contribution in [3.8, 4) is 5.75 Å². The summed E-state index contributed by atoms with van der Waals surface area (Å²) in [6.07, 6.45) is 0. The Morgan fingerprint density at radius 2 is 2.18 bits per heavy atom. The van der Waals surface area contributed by atoms with Crippen molar-refractivity contribution in [1.29, 1.82) is 0 Å². The lowest BCUT2D eigenvalue weighted by atomic mass is 10.3. The van der Waals surface area contributed by atoms with Gasteiger partial charge in [-0.15, -0.1) is 0 Å². The Labute approximate surface area is 102 Å². The second-order valence-corrected chi connectivity index (χ2v) is 4.14. The van der Waals surface area contributed by atoms with Gasteiger partial charge >= 0.3 is 0 Å². The molecule has 0 amide bonds. The van der Waals surface area contributed by atoms with Gasteiger partial charge in [0, 0.05) is 25.3 Å². The van der Waals surface area contributed by atoms with Gasteiger partial charge < -0.3 is 15.2 Å². The molecule has 5 heteroatoms. The van der Waals surface area contributed by atoms with Crippen LogP contribution in [0.4, 0.5) is 5.82 Å². The van der Waals surface area contributed by atoms with Crippen molar-refractivity contribution < 1.29 is 9.47 Å². The van der Waals surface area contributed by atoms with Gasteiger partial charge in [-0.3, -0.25) is 4.90 Å². The van der Waals surface area contributed by atoms with Gasteiger partial charge in [0.05, 0.1) is 13.2 Å². The number of anilines is 1. The van der Waals surface area contributed by atoms with Crippen LogP contribution in [0.15, 0.2) is 12.1 Å². The van der Waals surface area contributed by atoms with E-state index < -0.39 is 0 Å². The van der Waals surface area contributed by atoms with Crippen molar-refractivity contribution in [3.05, 3.63) is 17.8 Å². The molecular formula is C12H19N3O2. The van der Waals surface area contributed by atoms with Gasteiger partial charge in [-0.05, 0) is 19.1 Å². The van der Waals surface area contributed by atoms with Gasteiger partial charge in [0.1, 0.15) is 6.61 Å². The highest BCUT2D eigenvalue weighted by Crippen LogP contribution is 2.18. The Morgan fingerprint density at radius 3 is 2.88 bits per heavy atom. The molecule has 0 saturated carbocycles. The number of hydrogen-bond donors (Lipinski definition) is 1. The Balaban J connectivity index is 1.77. The molecule has 94 valence electrons. The molecule has 0 radical (unpaired) electrons. The maximum atomic E-state index is 5.77. The van der Waals surface area contributed by atoms with Crippen molar-refractivity contribution >= 4 is 5.82 Å². The van der Waals surface area contributed by atoms with Gasteiger partial charge in [0.25, 0.3) is 0 Å². The molecule has 17 heavy (non-hydrogen) atoms. The van der Waals surface area contributed by atoms with Crippen LogP contribution in [0.25, 0.3) is 0 Å². The number of hydrogen-bond acceptors (Lipinski definition) is 5. The van der Waals surface area contributed by atoms with Crippen LogP contribution in [-0.2, 0) is 4.74 Å². The SMILES string of the molecule is Cc1ccc(OCCN2CCOCC2)c(N)n1. The summed E-state index contributed by atoms with van der Waals surface area (Å²) in [5.74, 6) is 1.14. The normalized spacial score (nSPS) is 17.0. The van der Waals surface area contributed by atoms with E-state index in [4.69, 9.17) is 15.2 Å². The van der Waals surface area contributed by atoms with Crippen molar-refractivity contribution in [1.82, 2.24) is 9.88 Å². The first-order valence-corrected chi connectivity index (χ1v) is 5.92. The zero-order valence-electron chi connectivity index (χ0n) is 10.2. The molecule has 1 aliphatic heterocycles. The van der Waals surface area contributed by atoms with Crippen LogP contribution >= 0.6 is 0 Å². The summed E-state index contributed by atoms with van der Waals surface area (Å²) in [4.78, 5) is 6.48. The number of pyridine rings is 1. The van der Waals surface area contributed by atoms with Crippen LogP contribution in [-0.4, -0.2) is 49.3 Å². The molecule has 0 atom stereocenters.